The minimum atomic E-state index is -0.0642. The topological polar surface area (TPSA) is 64.2 Å². The molecular weight excluding hydrogens is 216 g/mol. The third-order valence-corrected chi connectivity index (χ3v) is 2.77. The van der Waals surface area contributed by atoms with Crippen LogP contribution < -0.4 is 5.73 Å². The standard InChI is InChI=1S/C12H22N4O/c1-4-7-8-15(5-2)12(17)11-10(13)9-16(6-3)14-11/h9H,4-8,13H2,1-3H3. The van der Waals surface area contributed by atoms with Crippen molar-refractivity contribution in [3.63, 3.8) is 0 Å². The zero-order chi connectivity index (χ0) is 12.8. The van der Waals surface area contributed by atoms with Crippen LogP contribution in [-0.2, 0) is 6.54 Å². The molecule has 1 rings (SSSR count). The van der Waals surface area contributed by atoms with Crippen molar-refractivity contribution in [1.29, 1.82) is 0 Å². The summed E-state index contributed by atoms with van der Waals surface area (Å²) in [7, 11) is 0. The normalized spacial score (nSPS) is 10.5. The van der Waals surface area contributed by atoms with E-state index in [1.165, 1.54) is 0 Å². The molecule has 17 heavy (non-hydrogen) atoms. The molecule has 0 fully saturated rings. The Hall–Kier alpha value is -1.52. The number of amides is 1. The van der Waals surface area contributed by atoms with Gasteiger partial charge < -0.3 is 10.6 Å². The summed E-state index contributed by atoms with van der Waals surface area (Å²) in [5.41, 5.74) is 6.65. The Balaban J connectivity index is 2.81. The van der Waals surface area contributed by atoms with Crippen LogP contribution in [0.2, 0.25) is 0 Å². The van der Waals surface area contributed by atoms with Crippen molar-refractivity contribution in [3.05, 3.63) is 11.9 Å². The average molecular weight is 238 g/mol. The Bertz CT molecular complexity index is 373. The molecule has 0 aromatic carbocycles. The number of nitrogens with two attached hydrogens (primary N) is 1. The van der Waals surface area contributed by atoms with Crippen LogP contribution in [0.4, 0.5) is 5.69 Å². The number of rotatable bonds is 6. The number of carbonyl (C=O) groups is 1. The first-order valence-corrected chi connectivity index (χ1v) is 6.26. The lowest BCUT2D eigenvalue weighted by Crippen LogP contribution is -2.32. The Morgan fingerprint density at radius 2 is 2.18 bits per heavy atom. The van der Waals surface area contributed by atoms with E-state index in [0.717, 1.165) is 25.9 Å². The molecule has 1 aromatic rings. The summed E-state index contributed by atoms with van der Waals surface area (Å²) in [5, 5.41) is 4.21. The number of anilines is 1. The zero-order valence-electron chi connectivity index (χ0n) is 10.9. The molecule has 0 radical (unpaired) electrons. The van der Waals surface area contributed by atoms with Crippen LogP contribution in [0.5, 0.6) is 0 Å². The largest absolute Gasteiger partial charge is 0.396 e. The summed E-state index contributed by atoms with van der Waals surface area (Å²) in [4.78, 5) is 14.0. The molecule has 5 nitrogen and oxygen atoms in total. The smallest absolute Gasteiger partial charge is 0.276 e. The quantitative estimate of drug-likeness (QED) is 0.821. The van der Waals surface area contributed by atoms with E-state index < -0.39 is 0 Å². The molecule has 0 bridgehead atoms. The van der Waals surface area contributed by atoms with Gasteiger partial charge in [-0.05, 0) is 20.3 Å². The summed E-state index contributed by atoms with van der Waals surface area (Å²) in [6, 6.07) is 0. The number of hydrogen-bond acceptors (Lipinski definition) is 3. The number of nitrogens with zero attached hydrogens (tertiary/aromatic N) is 3. The molecule has 0 saturated carbocycles. The van der Waals surface area contributed by atoms with Gasteiger partial charge in [0.15, 0.2) is 5.69 Å². The molecule has 0 aliphatic carbocycles. The van der Waals surface area contributed by atoms with E-state index in [9.17, 15) is 4.79 Å². The van der Waals surface area contributed by atoms with Crippen LogP contribution in [0.25, 0.3) is 0 Å². The number of aromatic nitrogens is 2. The van der Waals surface area contributed by atoms with E-state index in [1.807, 2.05) is 13.8 Å². The lowest BCUT2D eigenvalue weighted by atomic mass is 10.2. The average Bonchev–Trinajstić information content (AvgIpc) is 2.71. The lowest BCUT2D eigenvalue weighted by Gasteiger charge is -2.19. The maximum Gasteiger partial charge on any atom is 0.276 e. The first-order valence-electron chi connectivity index (χ1n) is 6.26. The highest BCUT2D eigenvalue weighted by atomic mass is 16.2. The summed E-state index contributed by atoms with van der Waals surface area (Å²) in [6.45, 7) is 8.23. The van der Waals surface area contributed by atoms with Crippen LogP contribution in [-0.4, -0.2) is 33.7 Å². The third-order valence-electron chi connectivity index (χ3n) is 2.77. The fourth-order valence-electron chi connectivity index (χ4n) is 1.67. The highest BCUT2D eigenvalue weighted by Crippen LogP contribution is 2.12. The highest BCUT2D eigenvalue weighted by molar-refractivity contribution is 5.97. The molecule has 1 aromatic heterocycles. The number of aryl methyl sites for hydroxylation is 1. The monoisotopic (exact) mass is 238 g/mol. The Kier molecular flexibility index (Phi) is 5.00. The lowest BCUT2D eigenvalue weighted by molar-refractivity contribution is 0.0756. The minimum absolute atomic E-state index is 0.0642. The Labute approximate surface area is 103 Å². The van der Waals surface area contributed by atoms with Crippen LogP contribution in [0.1, 0.15) is 44.1 Å². The van der Waals surface area contributed by atoms with Gasteiger partial charge >= 0.3 is 0 Å². The van der Waals surface area contributed by atoms with E-state index in [2.05, 4.69) is 12.0 Å². The highest BCUT2D eigenvalue weighted by Gasteiger charge is 2.19. The molecular formula is C12H22N4O. The first-order chi connectivity index (χ1) is 8.13. The number of hydrogen-bond donors (Lipinski definition) is 1. The molecule has 0 unspecified atom stereocenters. The second-order valence-corrected chi connectivity index (χ2v) is 4.03. The van der Waals surface area contributed by atoms with Gasteiger partial charge in [0.25, 0.3) is 5.91 Å². The maximum absolute atomic E-state index is 12.2. The number of carbonyl (C=O) groups excluding carboxylic acids is 1. The van der Waals surface area contributed by atoms with E-state index in [1.54, 1.807) is 15.8 Å². The first kappa shape index (κ1) is 13.5. The van der Waals surface area contributed by atoms with Crippen molar-refractivity contribution in [3.8, 4) is 0 Å². The van der Waals surface area contributed by atoms with Gasteiger partial charge in [0.1, 0.15) is 0 Å². The summed E-state index contributed by atoms with van der Waals surface area (Å²) >= 11 is 0. The van der Waals surface area contributed by atoms with Gasteiger partial charge in [-0.2, -0.15) is 5.10 Å². The SMILES string of the molecule is CCCCN(CC)C(=O)c1nn(CC)cc1N. The molecule has 0 aliphatic heterocycles. The van der Waals surface area contributed by atoms with E-state index in [-0.39, 0.29) is 5.91 Å². The fraction of sp³-hybridized carbons (Fsp3) is 0.667. The van der Waals surface area contributed by atoms with Gasteiger partial charge in [-0.3, -0.25) is 9.48 Å². The van der Waals surface area contributed by atoms with Gasteiger partial charge in [0, 0.05) is 25.8 Å². The Morgan fingerprint density at radius 3 is 2.65 bits per heavy atom. The minimum Gasteiger partial charge on any atom is -0.396 e. The predicted molar refractivity (Wildman–Crippen MR) is 68.8 cm³/mol. The van der Waals surface area contributed by atoms with Gasteiger partial charge in [-0.1, -0.05) is 13.3 Å². The van der Waals surface area contributed by atoms with Crippen LogP contribution in [0.15, 0.2) is 6.20 Å². The van der Waals surface area contributed by atoms with E-state index in [4.69, 9.17) is 5.73 Å². The van der Waals surface area contributed by atoms with Crippen LogP contribution >= 0.6 is 0 Å². The molecule has 1 amide bonds. The molecule has 96 valence electrons. The van der Waals surface area contributed by atoms with E-state index >= 15 is 0 Å². The molecule has 0 aliphatic rings. The van der Waals surface area contributed by atoms with Gasteiger partial charge in [0.05, 0.1) is 5.69 Å². The van der Waals surface area contributed by atoms with Crippen molar-refractivity contribution in [1.82, 2.24) is 14.7 Å². The predicted octanol–water partition coefficient (Wildman–Crippen LogP) is 1.75. The second-order valence-electron chi connectivity index (χ2n) is 4.03. The molecule has 0 saturated heterocycles. The number of nitrogen functional groups attached to an aromatic ring is 1. The van der Waals surface area contributed by atoms with Gasteiger partial charge in [-0.25, -0.2) is 0 Å². The Morgan fingerprint density at radius 1 is 1.47 bits per heavy atom. The van der Waals surface area contributed by atoms with Crippen molar-refractivity contribution in [2.75, 3.05) is 18.8 Å². The van der Waals surface area contributed by atoms with Crippen LogP contribution in [0.3, 0.4) is 0 Å². The summed E-state index contributed by atoms with van der Waals surface area (Å²) in [5.74, 6) is -0.0642. The van der Waals surface area contributed by atoms with Crippen molar-refractivity contribution in [2.45, 2.75) is 40.2 Å². The second kappa shape index (κ2) is 6.27. The summed E-state index contributed by atoms with van der Waals surface area (Å²) < 4.78 is 1.69. The molecule has 2 N–H and O–H groups in total. The summed E-state index contributed by atoms with van der Waals surface area (Å²) in [6.07, 6.45) is 3.79. The zero-order valence-corrected chi connectivity index (χ0v) is 10.9. The molecule has 0 atom stereocenters. The van der Waals surface area contributed by atoms with Crippen molar-refractivity contribution >= 4 is 11.6 Å². The van der Waals surface area contributed by atoms with E-state index in [0.29, 0.717) is 17.9 Å². The molecule has 5 heteroatoms. The number of unbranched alkanes of at least 4 members (excludes halogenated alkanes) is 1. The third kappa shape index (κ3) is 3.22. The van der Waals surface area contributed by atoms with Crippen molar-refractivity contribution < 1.29 is 4.79 Å². The fourth-order valence-corrected chi connectivity index (χ4v) is 1.67. The molecule has 1 heterocycles. The van der Waals surface area contributed by atoms with Crippen LogP contribution in [0, 0.1) is 0 Å². The maximum atomic E-state index is 12.2. The van der Waals surface area contributed by atoms with Gasteiger partial charge in [0.2, 0.25) is 0 Å². The molecule has 0 spiro atoms. The van der Waals surface area contributed by atoms with Gasteiger partial charge in [-0.15, -0.1) is 0 Å². The van der Waals surface area contributed by atoms with Crippen molar-refractivity contribution in [2.24, 2.45) is 0 Å².